The number of carbonyl (C=O) groups is 1. The number of hydrogen-bond donors (Lipinski definition) is 1. The summed E-state index contributed by atoms with van der Waals surface area (Å²) in [4.78, 5) is 16.3. The molecule has 2 aromatic rings. The molecular formula is C29H33NO5S2. The van der Waals surface area contributed by atoms with E-state index in [4.69, 9.17) is 26.1 Å². The second-order valence-electron chi connectivity index (χ2n) is 10.9. The number of furan rings is 1. The fourth-order valence-corrected chi connectivity index (χ4v) is 8.61. The number of aliphatic hydroxyl groups is 1. The van der Waals surface area contributed by atoms with Gasteiger partial charge < -0.3 is 19.0 Å². The highest BCUT2D eigenvalue weighted by molar-refractivity contribution is 8.26. The van der Waals surface area contributed by atoms with Crippen LogP contribution in [-0.2, 0) is 11.2 Å². The Hall–Kier alpha value is -2.29. The Kier molecular flexibility index (Phi) is 6.84. The van der Waals surface area contributed by atoms with Gasteiger partial charge in [-0.3, -0.25) is 9.69 Å². The van der Waals surface area contributed by atoms with E-state index in [0.717, 1.165) is 23.0 Å². The van der Waals surface area contributed by atoms with Crippen molar-refractivity contribution >= 4 is 40.3 Å². The molecule has 1 aliphatic heterocycles. The molecule has 0 unspecified atom stereocenters. The third-order valence-electron chi connectivity index (χ3n) is 8.64. The van der Waals surface area contributed by atoms with Crippen molar-refractivity contribution in [2.45, 2.75) is 51.0 Å². The summed E-state index contributed by atoms with van der Waals surface area (Å²) in [6.07, 6.45) is 9.45. The smallest absolute Gasteiger partial charge is 0.266 e. The van der Waals surface area contributed by atoms with E-state index in [1.54, 1.807) is 14.2 Å². The summed E-state index contributed by atoms with van der Waals surface area (Å²) < 4.78 is 17.9. The van der Waals surface area contributed by atoms with E-state index >= 15 is 0 Å². The van der Waals surface area contributed by atoms with Crippen LogP contribution in [0.5, 0.6) is 11.5 Å². The number of methoxy groups -OCH3 is 2. The minimum absolute atomic E-state index is 0.0154. The van der Waals surface area contributed by atoms with Gasteiger partial charge in [0.25, 0.3) is 5.91 Å². The second-order valence-corrected chi connectivity index (χ2v) is 12.6. The molecule has 1 saturated heterocycles. The number of amides is 1. The van der Waals surface area contributed by atoms with E-state index in [1.165, 1.54) is 43.9 Å². The number of nitrogens with zero attached hydrogens (tertiary/aromatic N) is 1. The first-order valence-electron chi connectivity index (χ1n) is 13.2. The van der Waals surface area contributed by atoms with Crippen molar-refractivity contribution in [2.75, 3.05) is 20.8 Å². The Bertz CT molecular complexity index is 1200. The zero-order valence-electron chi connectivity index (χ0n) is 21.3. The fraction of sp³-hybridized carbons (Fsp3) is 0.517. The van der Waals surface area contributed by atoms with Crippen molar-refractivity contribution in [3.05, 3.63) is 40.5 Å². The molecule has 0 radical (unpaired) electrons. The van der Waals surface area contributed by atoms with Gasteiger partial charge in [0.1, 0.15) is 27.3 Å². The highest BCUT2D eigenvalue weighted by atomic mass is 32.2. The Morgan fingerprint density at radius 2 is 1.70 bits per heavy atom. The minimum Gasteiger partial charge on any atom is -0.497 e. The summed E-state index contributed by atoms with van der Waals surface area (Å²) in [5, 5.41) is 9.46. The number of thiocarbonyl (C=S) groups is 1. The number of aryl methyl sites for hydroxylation is 1. The van der Waals surface area contributed by atoms with Crippen LogP contribution in [0.4, 0.5) is 0 Å². The maximum absolute atomic E-state index is 13.7. The van der Waals surface area contributed by atoms with Gasteiger partial charge in [0, 0.05) is 30.4 Å². The average molecular weight is 540 g/mol. The van der Waals surface area contributed by atoms with Crippen LogP contribution in [0.15, 0.2) is 33.6 Å². The maximum Gasteiger partial charge on any atom is 0.266 e. The Labute approximate surface area is 227 Å². The first-order valence-corrected chi connectivity index (χ1v) is 14.4. The molecule has 6 nitrogen and oxygen atoms in total. The molecule has 37 heavy (non-hydrogen) atoms. The molecule has 0 spiro atoms. The minimum atomic E-state index is 0.0154. The molecular weight excluding hydrogens is 506 g/mol. The molecule has 8 heteroatoms. The van der Waals surface area contributed by atoms with Gasteiger partial charge in [-0.25, -0.2) is 0 Å². The Balaban J connectivity index is 1.31. The molecule has 5 aliphatic rings. The van der Waals surface area contributed by atoms with E-state index < -0.39 is 0 Å². The normalized spacial score (nSPS) is 29.5. The van der Waals surface area contributed by atoms with Crippen molar-refractivity contribution in [3.63, 3.8) is 0 Å². The van der Waals surface area contributed by atoms with Crippen LogP contribution in [-0.4, -0.2) is 47.1 Å². The van der Waals surface area contributed by atoms with Crippen LogP contribution >= 0.6 is 24.0 Å². The summed E-state index contributed by atoms with van der Waals surface area (Å²) in [5.41, 5.74) is 1.77. The average Bonchev–Trinajstić information content (AvgIpc) is 3.42. The lowest BCUT2D eigenvalue weighted by Gasteiger charge is -2.56. The van der Waals surface area contributed by atoms with E-state index in [9.17, 15) is 9.90 Å². The van der Waals surface area contributed by atoms with Crippen LogP contribution in [0.25, 0.3) is 17.4 Å². The molecule has 4 saturated carbocycles. The van der Waals surface area contributed by atoms with Gasteiger partial charge in [0.2, 0.25) is 0 Å². The van der Waals surface area contributed by atoms with Crippen molar-refractivity contribution in [1.29, 1.82) is 0 Å². The molecule has 5 fully saturated rings. The quantitative estimate of drug-likeness (QED) is 0.330. The predicted molar refractivity (Wildman–Crippen MR) is 148 cm³/mol. The predicted octanol–water partition coefficient (Wildman–Crippen LogP) is 5.91. The van der Waals surface area contributed by atoms with E-state index in [1.807, 2.05) is 35.2 Å². The molecule has 7 rings (SSSR count). The van der Waals surface area contributed by atoms with E-state index in [-0.39, 0.29) is 18.6 Å². The first-order chi connectivity index (χ1) is 18.0. The van der Waals surface area contributed by atoms with Crippen LogP contribution < -0.4 is 9.47 Å². The van der Waals surface area contributed by atoms with Crippen molar-refractivity contribution in [2.24, 2.45) is 23.7 Å². The standard InChI is InChI=1S/C29H33NO5S2/c1-33-22-11-19(12-23(14-22)34-2)24-13-18(4-3-5-31)25(35-24)15-26-28(32)30(29(36)37-26)27-20-7-16-6-17(9-20)10-21(27)8-16/h11-17,20-21,27,31H,3-10H2,1-2H3/b26-15-. The van der Waals surface area contributed by atoms with Gasteiger partial charge >= 0.3 is 0 Å². The van der Waals surface area contributed by atoms with Gasteiger partial charge in [-0.1, -0.05) is 24.0 Å². The number of hydrogen-bond acceptors (Lipinski definition) is 7. The molecule has 1 aromatic heterocycles. The molecule has 196 valence electrons. The summed E-state index contributed by atoms with van der Waals surface area (Å²) in [6, 6.07) is 7.83. The largest absolute Gasteiger partial charge is 0.497 e. The third-order valence-corrected chi connectivity index (χ3v) is 9.97. The number of aliphatic hydroxyl groups excluding tert-OH is 1. The van der Waals surface area contributed by atoms with Crippen molar-refractivity contribution in [1.82, 2.24) is 4.90 Å². The lowest BCUT2D eigenvalue weighted by Crippen LogP contribution is -2.57. The number of rotatable bonds is 8. The Morgan fingerprint density at radius 3 is 2.30 bits per heavy atom. The van der Waals surface area contributed by atoms with Crippen LogP contribution in [0, 0.1) is 23.7 Å². The SMILES string of the molecule is COc1cc(OC)cc(-c2cc(CCCO)c(/C=C3\SC(=S)N(C4C5CC6CC(C5)CC4C6)C3=O)o2)c1. The lowest BCUT2D eigenvalue weighted by molar-refractivity contribution is -0.130. The zero-order valence-corrected chi connectivity index (χ0v) is 22.9. The molecule has 1 amide bonds. The topological polar surface area (TPSA) is 72.1 Å². The van der Waals surface area contributed by atoms with E-state index in [0.29, 0.717) is 56.9 Å². The molecule has 1 aromatic carbocycles. The Morgan fingerprint density at radius 1 is 1.05 bits per heavy atom. The van der Waals surface area contributed by atoms with Gasteiger partial charge in [0.15, 0.2) is 0 Å². The highest BCUT2D eigenvalue weighted by Crippen LogP contribution is 2.56. The van der Waals surface area contributed by atoms with Crippen LogP contribution in [0.3, 0.4) is 0 Å². The van der Waals surface area contributed by atoms with Gasteiger partial charge in [-0.15, -0.1) is 0 Å². The summed E-state index contributed by atoms with van der Waals surface area (Å²) >= 11 is 7.18. The number of carbonyl (C=O) groups excluding carboxylic acids is 1. The van der Waals surface area contributed by atoms with Gasteiger partial charge in [-0.2, -0.15) is 0 Å². The molecule has 2 heterocycles. The van der Waals surface area contributed by atoms with Crippen LogP contribution in [0.1, 0.15) is 49.8 Å². The van der Waals surface area contributed by atoms with Crippen molar-refractivity contribution in [3.8, 4) is 22.8 Å². The third kappa shape index (κ3) is 4.61. The zero-order chi connectivity index (χ0) is 25.7. The number of benzene rings is 1. The summed E-state index contributed by atoms with van der Waals surface area (Å²) in [5.74, 6) is 5.50. The fourth-order valence-electron chi connectivity index (χ4n) is 7.30. The number of ether oxygens (including phenoxy) is 2. The monoisotopic (exact) mass is 539 g/mol. The maximum atomic E-state index is 13.7. The molecule has 4 aliphatic carbocycles. The number of thioether (sulfide) groups is 1. The summed E-state index contributed by atoms with van der Waals surface area (Å²) in [7, 11) is 3.23. The first kappa shape index (κ1) is 25.0. The molecule has 1 N–H and O–H groups in total. The second kappa shape index (κ2) is 10.1. The molecule has 0 atom stereocenters. The molecule has 4 bridgehead atoms. The highest BCUT2D eigenvalue weighted by Gasteiger charge is 2.53. The van der Waals surface area contributed by atoms with Crippen LogP contribution in [0.2, 0.25) is 0 Å². The van der Waals surface area contributed by atoms with Gasteiger partial charge in [0.05, 0.1) is 19.1 Å². The lowest BCUT2D eigenvalue weighted by atomic mass is 9.54. The summed E-state index contributed by atoms with van der Waals surface area (Å²) in [6.45, 7) is 0.0848. The van der Waals surface area contributed by atoms with Crippen molar-refractivity contribution < 1.29 is 23.8 Å². The van der Waals surface area contributed by atoms with E-state index in [2.05, 4.69) is 0 Å². The van der Waals surface area contributed by atoms with Gasteiger partial charge in [-0.05, 0) is 92.4 Å².